The predicted octanol–water partition coefficient (Wildman–Crippen LogP) is 3.70. The van der Waals surface area contributed by atoms with Gasteiger partial charge in [-0.2, -0.15) is 0 Å². The van der Waals surface area contributed by atoms with Gasteiger partial charge in [0.2, 0.25) is 5.91 Å². The summed E-state index contributed by atoms with van der Waals surface area (Å²) in [6, 6.07) is 2.88. The van der Waals surface area contributed by atoms with Gasteiger partial charge in [0.05, 0.1) is 28.8 Å². The van der Waals surface area contributed by atoms with Crippen LogP contribution >= 0.6 is 23.2 Å². The molecule has 4 atom stereocenters. The number of amides is 1. The molecular formula is C14H17Cl2NO3. The molecule has 0 spiro atoms. The first kappa shape index (κ1) is 15.4. The highest BCUT2D eigenvalue weighted by molar-refractivity contribution is 6.36. The molecule has 1 amide bonds. The number of rotatable bonds is 2. The van der Waals surface area contributed by atoms with Crippen LogP contribution in [0.1, 0.15) is 20.8 Å². The Bertz CT molecular complexity index is 535. The molecule has 1 saturated heterocycles. The van der Waals surface area contributed by atoms with E-state index in [4.69, 9.17) is 27.9 Å². The third-order valence-corrected chi connectivity index (χ3v) is 4.34. The van der Waals surface area contributed by atoms with Gasteiger partial charge in [0.1, 0.15) is 0 Å². The topological polar surface area (TPSA) is 58.6 Å². The van der Waals surface area contributed by atoms with Gasteiger partial charge in [-0.05, 0) is 31.9 Å². The first-order valence-electron chi connectivity index (χ1n) is 6.45. The monoisotopic (exact) mass is 317 g/mol. The van der Waals surface area contributed by atoms with Gasteiger partial charge in [-0.3, -0.25) is 4.79 Å². The molecule has 1 aromatic rings. The average molecular weight is 318 g/mol. The van der Waals surface area contributed by atoms with Crippen molar-refractivity contribution in [3.8, 4) is 5.75 Å². The highest BCUT2D eigenvalue weighted by Gasteiger charge is 2.41. The minimum absolute atomic E-state index is 0.0253. The van der Waals surface area contributed by atoms with E-state index in [1.54, 1.807) is 0 Å². The molecule has 0 aromatic heterocycles. The fourth-order valence-corrected chi connectivity index (χ4v) is 3.09. The number of benzene rings is 1. The maximum atomic E-state index is 12.4. The predicted molar refractivity (Wildman–Crippen MR) is 79.4 cm³/mol. The van der Waals surface area contributed by atoms with E-state index in [2.05, 4.69) is 5.32 Å². The number of carbonyl (C=O) groups excluding carboxylic acids is 1. The summed E-state index contributed by atoms with van der Waals surface area (Å²) >= 11 is 11.7. The van der Waals surface area contributed by atoms with E-state index in [0.29, 0.717) is 5.02 Å². The smallest absolute Gasteiger partial charge is 0.230 e. The zero-order chi connectivity index (χ0) is 15.0. The molecule has 2 N–H and O–H groups in total. The zero-order valence-electron chi connectivity index (χ0n) is 11.5. The van der Waals surface area contributed by atoms with Crippen LogP contribution in [0.3, 0.4) is 0 Å². The third kappa shape index (κ3) is 2.87. The normalized spacial score (nSPS) is 29.4. The van der Waals surface area contributed by atoms with Crippen molar-refractivity contribution in [3.05, 3.63) is 22.2 Å². The molecular weight excluding hydrogens is 301 g/mol. The largest absolute Gasteiger partial charge is 0.504 e. The Balaban J connectivity index is 2.20. The maximum absolute atomic E-state index is 12.4. The van der Waals surface area contributed by atoms with Crippen molar-refractivity contribution in [1.82, 2.24) is 0 Å². The van der Waals surface area contributed by atoms with Gasteiger partial charge in [-0.25, -0.2) is 0 Å². The molecule has 4 unspecified atom stereocenters. The lowest BCUT2D eigenvalue weighted by molar-refractivity contribution is -0.121. The van der Waals surface area contributed by atoms with Crippen LogP contribution in [0.2, 0.25) is 10.0 Å². The summed E-state index contributed by atoms with van der Waals surface area (Å²) in [5.74, 6) is -0.566. The number of phenolic OH excluding ortho intramolecular Hbond substituents is 1. The molecule has 2 rings (SSSR count). The van der Waals surface area contributed by atoms with Crippen LogP contribution in [-0.2, 0) is 9.53 Å². The van der Waals surface area contributed by atoms with Crippen molar-refractivity contribution in [2.45, 2.75) is 33.0 Å². The number of anilines is 1. The molecule has 1 aliphatic rings. The van der Waals surface area contributed by atoms with Crippen molar-refractivity contribution in [2.24, 2.45) is 11.8 Å². The quantitative estimate of drug-likeness (QED) is 0.818. The SMILES string of the molecule is CC1OC(C)C(C(=O)Nc2cc(Cl)cc(Cl)c2O)C1C. The maximum Gasteiger partial charge on any atom is 0.230 e. The van der Waals surface area contributed by atoms with E-state index < -0.39 is 0 Å². The summed E-state index contributed by atoms with van der Waals surface area (Å²) in [4.78, 5) is 12.4. The van der Waals surface area contributed by atoms with Gasteiger partial charge >= 0.3 is 0 Å². The molecule has 4 nitrogen and oxygen atoms in total. The molecule has 1 aromatic carbocycles. The first-order valence-corrected chi connectivity index (χ1v) is 7.21. The van der Waals surface area contributed by atoms with Crippen molar-refractivity contribution in [1.29, 1.82) is 0 Å². The molecule has 110 valence electrons. The fraction of sp³-hybridized carbons (Fsp3) is 0.500. The molecule has 0 radical (unpaired) electrons. The number of nitrogens with one attached hydrogen (secondary N) is 1. The van der Waals surface area contributed by atoms with Gasteiger partial charge in [0.15, 0.2) is 5.75 Å². The molecule has 0 bridgehead atoms. The number of hydrogen-bond donors (Lipinski definition) is 2. The lowest BCUT2D eigenvalue weighted by Gasteiger charge is -2.18. The Kier molecular flexibility index (Phi) is 4.47. The van der Waals surface area contributed by atoms with Crippen molar-refractivity contribution >= 4 is 34.8 Å². The lowest BCUT2D eigenvalue weighted by atomic mass is 9.89. The summed E-state index contributed by atoms with van der Waals surface area (Å²) < 4.78 is 5.65. The standard InChI is InChI=1S/C14H17Cl2NO3/c1-6-7(2)20-8(3)12(6)14(19)17-11-5-9(15)4-10(16)13(11)18/h4-8,12,18H,1-3H3,(H,17,19). The Morgan fingerprint density at radius 2 is 1.90 bits per heavy atom. The van der Waals surface area contributed by atoms with Crippen LogP contribution in [-0.4, -0.2) is 23.2 Å². The minimum Gasteiger partial charge on any atom is -0.504 e. The molecule has 6 heteroatoms. The van der Waals surface area contributed by atoms with Crippen molar-refractivity contribution in [2.75, 3.05) is 5.32 Å². The Morgan fingerprint density at radius 3 is 2.45 bits per heavy atom. The zero-order valence-corrected chi connectivity index (χ0v) is 13.0. The van der Waals surface area contributed by atoms with Crippen LogP contribution in [0, 0.1) is 11.8 Å². The van der Waals surface area contributed by atoms with E-state index in [1.165, 1.54) is 12.1 Å². The first-order chi connectivity index (χ1) is 9.31. The summed E-state index contributed by atoms with van der Waals surface area (Å²) in [6.07, 6.45) is -0.144. The van der Waals surface area contributed by atoms with E-state index in [0.717, 1.165) is 0 Å². The minimum atomic E-state index is -0.276. The Hall–Kier alpha value is -0.970. The summed E-state index contributed by atoms with van der Waals surface area (Å²) in [5, 5.41) is 13.0. The van der Waals surface area contributed by atoms with E-state index in [-0.39, 0.29) is 46.4 Å². The van der Waals surface area contributed by atoms with Crippen LogP contribution < -0.4 is 5.32 Å². The highest BCUT2D eigenvalue weighted by Crippen LogP contribution is 2.37. The van der Waals surface area contributed by atoms with Crippen LogP contribution in [0.25, 0.3) is 0 Å². The van der Waals surface area contributed by atoms with Crippen LogP contribution in [0.15, 0.2) is 12.1 Å². The van der Waals surface area contributed by atoms with Gasteiger partial charge in [0, 0.05) is 5.02 Å². The number of halogens is 2. The average Bonchev–Trinajstić information content (AvgIpc) is 2.59. The van der Waals surface area contributed by atoms with Gasteiger partial charge < -0.3 is 15.2 Å². The van der Waals surface area contributed by atoms with Crippen molar-refractivity contribution < 1.29 is 14.6 Å². The van der Waals surface area contributed by atoms with E-state index in [9.17, 15) is 9.90 Å². The van der Waals surface area contributed by atoms with Crippen LogP contribution in [0.5, 0.6) is 5.75 Å². The Morgan fingerprint density at radius 1 is 1.25 bits per heavy atom. The molecule has 1 heterocycles. The van der Waals surface area contributed by atoms with Gasteiger partial charge in [0.25, 0.3) is 0 Å². The van der Waals surface area contributed by atoms with Crippen LogP contribution in [0.4, 0.5) is 5.69 Å². The van der Waals surface area contributed by atoms with Gasteiger partial charge in [-0.15, -0.1) is 0 Å². The number of carbonyl (C=O) groups is 1. The summed E-state index contributed by atoms with van der Waals surface area (Å²) in [5.41, 5.74) is 0.214. The van der Waals surface area contributed by atoms with Gasteiger partial charge in [-0.1, -0.05) is 30.1 Å². The number of phenols is 1. The third-order valence-electron chi connectivity index (χ3n) is 3.83. The summed E-state index contributed by atoms with van der Waals surface area (Å²) in [7, 11) is 0. The number of hydrogen-bond acceptors (Lipinski definition) is 3. The molecule has 1 aliphatic heterocycles. The second-order valence-electron chi connectivity index (χ2n) is 5.20. The second-order valence-corrected chi connectivity index (χ2v) is 6.05. The second kappa shape index (κ2) is 5.80. The molecule has 20 heavy (non-hydrogen) atoms. The molecule has 0 saturated carbocycles. The van der Waals surface area contributed by atoms with E-state index in [1.807, 2.05) is 20.8 Å². The number of aromatic hydroxyl groups is 1. The fourth-order valence-electron chi connectivity index (χ4n) is 2.60. The molecule has 1 fully saturated rings. The molecule has 0 aliphatic carbocycles. The number of ether oxygens (including phenoxy) is 1. The highest BCUT2D eigenvalue weighted by atomic mass is 35.5. The summed E-state index contributed by atoms with van der Waals surface area (Å²) in [6.45, 7) is 5.79. The Labute approximate surface area is 128 Å². The van der Waals surface area contributed by atoms with Crippen molar-refractivity contribution in [3.63, 3.8) is 0 Å². The lowest BCUT2D eigenvalue weighted by Crippen LogP contribution is -2.32. The van der Waals surface area contributed by atoms with E-state index >= 15 is 0 Å².